The van der Waals surface area contributed by atoms with Crippen LogP contribution in [0.4, 0.5) is 10.5 Å². The lowest BCUT2D eigenvalue weighted by Crippen LogP contribution is -2.58. The van der Waals surface area contributed by atoms with Gasteiger partial charge >= 0.3 is 6.03 Å². The first-order chi connectivity index (χ1) is 14.0. The fraction of sp³-hybridized carbons (Fsp3) is 0.368. The van der Waals surface area contributed by atoms with Crippen LogP contribution in [0.25, 0.3) is 11.3 Å². The van der Waals surface area contributed by atoms with Crippen molar-refractivity contribution in [2.75, 3.05) is 31.1 Å². The van der Waals surface area contributed by atoms with Crippen LogP contribution in [-0.4, -0.2) is 75.4 Å². The van der Waals surface area contributed by atoms with Crippen molar-refractivity contribution in [3.8, 4) is 11.3 Å². The van der Waals surface area contributed by atoms with Gasteiger partial charge in [0.15, 0.2) is 0 Å². The van der Waals surface area contributed by atoms with E-state index in [0.29, 0.717) is 26.2 Å². The molecule has 0 spiro atoms. The van der Waals surface area contributed by atoms with Gasteiger partial charge in [-0.05, 0) is 19.1 Å². The minimum Gasteiger partial charge on any atom is -0.391 e. The van der Waals surface area contributed by atoms with Gasteiger partial charge in [0.1, 0.15) is 6.04 Å². The Bertz CT molecular complexity index is 822. The maximum absolute atomic E-state index is 12.4. The van der Waals surface area contributed by atoms with Gasteiger partial charge in [0.25, 0.3) is 5.91 Å². The Kier molecular flexibility index (Phi) is 6.57. The summed E-state index contributed by atoms with van der Waals surface area (Å²) < 4.78 is 0. The summed E-state index contributed by atoms with van der Waals surface area (Å²) in [4.78, 5) is 36.1. The first-order valence-corrected chi connectivity index (χ1v) is 9.28. The standard InChI is InChI=1S/C19H24N6O4/c1-13(26)17(18(27)23-29)22-19(28)25-10-8-24(9-11-25)15-4-2-14(3-5-15)16-12-20-6-7-21-16/h2-7,12-13,17,26,29H,8-11H2,1H3,(H,22,28)(H,23,27)/t13-,17+/m1/s1. The van der Waals surface area contributed by atoms with Gasteiger partial charge < -0.3 is 20.2 Å². The quantitative estimate of drug-likeness (QED) is 0.417. The van der Waals surface area contributed by atoms with E-state index in [1.165, 1.54) is 12.4 Å². The van der Waals surface area contributed by atoms with Crippen LogP contribution < -0.4 is 15.7 Å². The number of urea groups is 1. The molecule has 3 amide bonds. The summed E-state index contributed by atoms with van der Waals surface area (Å²) in [5, 5.41) is 20.8. The number of amides is 3. The fourth-order valence-corrected chi connectivity index (χ4v) is 3.16. The molecule has 3 rings (SSSR count). The molecule has 0 unspecified atom stereocenters. The van der Waals surface area contributed by atoms with Gasteiger partial charge in [-0.25, -0.2) is 10.3 Å². The summed E-state index contributed by atoms with van der Waals surface area (Å²) in [5.74, 6) is -0.866. The predicted octanol–water partition coefficient (Wildman–Crippen LogP) is 0.230. The van der Waals surface area contributed by atoms with Crippen molar-refractivity contribution >= 4 is 17.6 Å². The number of hydrogen-bond acceptors (Lipinski definition) is 7. The number of anilines is 1. The molecule has 1 aromatic carbocycles. The van der Waals surface area contributed by atoms with Gasteiger partial charge in [-0.15, -0.1) is 0 Å². The topological polar surface area (TPSA) is 131 Å². The number of piperazine rings is 1. The number of aliphatic hydroxyl groups excluding tert-OH is 1. The minimum atomic E-state index is -1.22. The Balaban J connectivity index is 1.56. The monoisotopic (exact) mass is 400 g/mol. The lowest BCUT2D eigenvalue weighted by Gasteiger charge is -2.36. The molecule has 10 heteroatoms. The highest BCUT2D eigenvalue weighted by Gasteiger charge is 2.29. The average Bonchev–Trinajstić information content (AvgIpc) is 2.77. The predicted molar refractivity (Wildman–Crippen MR) is 105 cm³/mol. The first-order valence-electron chi connectivity index (χ1n) is 9.28. The molecule has 0 aliphatic carbocycles. The molecule has 1 saturated heterocycles. The molecule has 2 heterocycles. The van der Waals surface area contributed by atoms with Crippen molar-refractivity contribution < 1.29 is 19.9 Å². The molecule has 1 aliphatic heterocycles. The molecule has 29 heavy (non-hydrogen) atoms. The van der Waals surface area contributed by atoms with Crippen LogP contribution >= 0.6 is 0 Å². The summed E-state index contributed by atoms with van der Waals surface area (Å²) >= 11 is 0. The van der Waals surface area contributed by atoms with Crippen LogP contribution in [0.3, 0.4) is 0 Å². The van der Waals surface area contributed by atoms with Crippen LogP contribution in [-0.2, 0) is 4.79 Å². The molecule has 2 atom stereocenters. The van der Waals surface area contributed by atoms with Crippen LogP contribution in [0.1, 0.15) is 6.92 Å². The molecular weight excluding hydrogens is 376 g/mol. The number of carbonyl (C=O) groups is 2. The maximum atomic E-state index is 12.4. The number of hydrogen-bond donors (Lipinski definition) is 4. The van der Waals surface area contributed by atoms with Crippen molar-refractivity contribution in [1.82, 2.24) is 25.7 Å². The number of nitrogens with zero attached hydrogens (tertiary/aromatic N) is 4. The summed E-state index contributed by atoms with van der Waals surface area (Å²) in [5.41, 5.74) is 4.28. The molecule has 1 fully saturated rings. The molecule has 0 saturated carbocycles. The van der Waals surface area contributed by atoms with Gasteiger partial charge in [0.2, 0.25) is 0 Å². The zero-order valence-electron chi connectivity index (χ0n) is 16.0. The van der Waals surface area contributed by atoms with Crippen LogP contribution in [0.15, 0.2) is 42.9 Å². The van der Waals surface area contributed by atoms with E-state index in [-0.39, 0.29) is 0 Å². The Labute approximate surface area is 168 Å². The first kappa shape index (κ1) is 20.5. The highest BCUT2D eigenvalue weighted by Crippen LogP contribution is 2.22. The van der Waals surface area contributed by atoms with E-state index in [9.17, 15) is 14.7 Å². The third kappa shape index (κ3) is 4.98. The van der Waals surface area contributed by atoms with Crippen molar-refractivity contribution in [3.05, 3.63) is 42.9 Å². The van der Waals surface area contributed by atoms with Gasteiger partial charge in [0, 0.05) is 49.8 Å². The number of rotatable bonds is 5. The second-order valence-electron chi connectivity index (χ2n) is 6.76. The van der Waals surface area contributed by atoms with E-state index in [1.54, 1.807) is 23.5 Å². The van der Waals surface area contributed by atoms with E-state index in [4.69, 9.17) is 5.21 Å². The molecule has 154 valence electrons. The second kappa shape index (κ2) is 9.30. The smallest absolute Gasteiger partial charge is 0.318 e. The largest absolute Gasteiger partial charge is 0.391 e. The van der Waals surface area contributed by atoms with Crippen molar-refractivity contribution in [3.63, 3.8) is 0 Å². The molecule has 0 bridgehead atoms. The second-order valence-corrected chi connectivity index (χ2v) is 6.76. The van der Waals surface area contributed by atoms with Gasteiger partial charge in [-0.2, -0.15) is 0 Å². The molecular formula is C19H24N6O4. The normalized spacial score (nSPS) is 16.1. The number of benzene rings is 1. The number of carbonyl (C=O) groups excluding carboxylic acids is 2. The Morgan fingerprint density at radius 2 is 1.79 bits per heavy atom. The van der Waals surface area contributed by atoms with Crippen molar-refractivity contribution in [1.29, 1.82) is 0 Å². The molecule has 0 radical (unpaired) electrons. The number of aliphatic hydroxyl groups is 1. The summed E-state index contributed by atoms with van der Waals surface area (Å²) in [6.07, 6.45) is 3.86. The fourth-order valence-electron chi connectivity index (χ4n) is 3.16. The molecule has 4 N–H and O–H groups in total. The van der Waals surface area contributed by atoms with E-state index < -0.39 is 24.1 Å². The minimum absolute atomic E-state index is 0.461. The Hall–Kier alpha value is -3.24. The van der Waals surface area contributed by atoms with Gasteiger partial charge in [-0.3, -0.25) is 20.0 Å². The Morgan fingerprint density at radius 1 is 1.10 bits per heavy atom. The van der Waals surface area contributed by atoms with Crippen LogP contribution in [0.5, 0.6) is 0 Å². The average molecular weight is 400 g/mol. The highest BCUT2D eigenvalue weighted by molar-refractivity contribution is 5.87. The molecule has 1 aliphatic rings. The van der Waals surface area contributed by atoms with Crippen LogP contribution in [0.2, 0.25) is 0 Å². The zero-order valence-corrected chi connectivity index (χ0v) is 16.0. The summed E-state index contributed by atoms with van der Waals surface area (Å²) in [7, 11) is 0. The van der Waals surface area contributed by atoms with Crippen molar-refractivity contribution in [2.45, 2.75) is 19.1 Å². The maximum Gasteiger partial charge on any atom is 0.318 e. The number of aromatic nitrogens is 2. The van der Waals surface area contributed by atoms with Gasteiger partial charge in [-0.1, -0.05) is 12.1 Å². The van der Waals surface area contributed by atoms with Gasteiger partial charge in [0.05, 0.1) is 18.0 Å². The lowest BCUT2D eigenvalue weighted by molar-refractivity contribution is -0.133. The summed E-state index contributed by atoms with van der Waals surface area (Å²) in [6, 6.07) is 6.30. The third-order valence-electron chi connectivity index (χ3n) is 4.81. The van der Waals surface area contributed by atoms with Crippen LogP contribution in [0, 0.1) is 0 Å². The zero-order chi connectivity index (χ0) is 20.8. The third-order valence-corrected chi connectivity index (χ3v) is 4.81. The highest BCUT2D eigenvalue weighted by atomic mass is 16.5. The molecule has 10 nitrogen and oxygen atoms in total. The molecule has 2 aromatic rings. The van der Waals surface area contributed by atoms with E-state index >= 15 is 0 Å². The summed E-state index contributed by atoms with van der Waals surface area (Å²) in [6.45, 7) is 3.55. The molecule has 1 aromatic heterocycles. The van der Waals surface area contributed by atoms with E-state index in [1.807, 2.05) is 24.3 Å². The number of nitrogens with one attached hydrogen (secondary N) is 2. The lowest BCUT2D eigenvalue weighted by atomic mass is 10.1. The van der Waals surface area contributed by atoms with Crippen molar-refractivity contribution in [2.24, 2.45) is 0 Å². The van der Waals surface area contributed by atoms with E-state index in [2.05, 4.69) is 20.2 Å². The Morgan fingerprint density at radius 3 is 2.34 bits per heavy atom. The van der Waals surface area contributed by atoms with E-state index in [0.717, 1.165) is 16.9 Å². The number of hydroxylamine groups is 1. The SMILES string of the molecule is C[C@@H](O)[C@H](NC(=O)N1CCN(c2ccc(-c3cnccn3)cc2)CC1)C(=O)NO.